The molecule has 19 heavy (non-hydrogen) atoms. The van der Waals surface area contributed by atoms with Gasteiger partial charge in [-0.05, 0) is 55.9 Å². The zero-order chi connectivity index (χ0) is 13.7. The standard InChI is InChI=1S/C17H28N2/c1-17(2)8-5-10-19(11-9-17)14-16-7-4-6-15(12-16)13-18-3/h4,6-7,12,18H,5,8-11,13-14H2,1-3H3. The van der Waals surface area contributed by atoms with Crippen molar-refractivity contribution in [2.24, 2.45) is 5.41 Å². The van der Waals surface area contributed by atoms with E-state index in [1.54, 1.807) is 0 Å². The second-order valence-corrected chi connectivity index (χ2v) is 6.64. The Labute approximate surface area is 118 Å². The maximum Gasteiger partial charge on any atom is 0.0233 e. The SMILES string of the molecule is CNCc1cccc(CN2CCCC(C)(C)CC2)c1. The molecular weight excluding hydrogens is 232 g/mol. The van der Waals surface area contributed by atoms with E-state index in [4.69, 9.17) is 0 Å². The van der Waals surface area contributed by atoms with Gasteiger partial charge >= 0.3 is 0 Å². The van der Waals surface area contributed by atoms with Crippen LogP contribution in [0.4, 0.5) is 0 Å². The van der Waals surface area contributed by atoms with Gasteiger partial charge in [0, 0.05) is 13.1 Å². The van der Waals surface area contributed by atoms with Gasteiger partial charge in [0.05, 0.1) is 0 Å². The third-order valence-corrected chi connectivity index (χ3v) is 4.21. The average molecular weight is 260 g/mol. The number of hydrogen-bond donors (Lipinski definition) is 1. The van der Waals surface area contributed by atoms with Gasteiger partial charge in [-0.1, -0.05) is 38.1 Å². The maximum absolute atomic E-state index is 3.22. The summed E-state index contributed by atoms with van der Waals surface area (Å²) in [5, 5.41) is 3.22. The van der Waals surface area contributed by atoms with Gasteiger partial charge in [0.15, 0.2) is 0 Å². The lowest BCUT2D eigenvalue weighted by atomic mass is 9.85. The van der Waals surface area contributed by atoms with Crippen LogP contribution in [0.15, 0.2) is 24.3 Å². The summed E-state index contributed by atoms with van der Waals surface area (Å²) >= 11 is 0. The summed E-state index contributed by atoms with van der Waals surface area (Å²) < 4.78 is 0. The van der Waals surface area contributed by atoms with Crippen molar-refractivity contribution in [1.29, 1.82) is 0 Å². The molecule has 0 aliphatic carbocycles. The first-order valence-electron chi connectivity index (χ1n) is 7.54. The van der Waals surface area contributed by atoms with Crippen LogP contribution in [0.25, 0.3) is 0 Å². The average Bonchev–Trinajstić information content (AvgIpc) is 2.52. The summed E-state index contributed by atoms with van der Waals surface area (Å²) in [4.78, 5) is 2.62. The number of hydrogen-bond acceptors (Lipinski definition) is 2. The molecule has 0 atom stereocenters. The Balaban J connectivity index is 1.95. The van der Waals surface area contributed by atoms with Crippen LogP contribution in [0.2, 0.25) is 0 Å². The van der Waals surface area contributed by atoms with Crippen molar-refractivity contribution in [1.82, 2.24) is 10.2 Å². The molecule has 1 saturated heterocycles. The van der Waals surface area contributed by atoms with E-state index in [1.165, 1.54) is 43.5 Å². The van der Waals surface area contributed by atoms with E-state index in [2.05, 4.69) is 48.3 Å². The quantitative estimate of drug-likeness (QED) is 0.892. The lowest BCUT2D eigenvalue weighted by Gasteiger charge is -2.23. The molecule has 1 heterocycles. The molecule has 1 aromatic rings. The molecule has 0 radical (unpaired) electrons. The molecule has 1 N–H and O–H groups in total. The summed E-state index contributed by atoms with van der Waals surface area (Å²) in [7, 11) is 2.00. The first-order valence-corrected chi connectivity index (χ1v) is 7.54. The maximum atomic E-state index is 3.22. The normalized spacial score (nSPS) is 20.2. The van der Waals surface area contributed by atoms with Crippen molar-refractivity contribution in [3.05, 3.63) is 35.4 Å². The first kappa shape index (κ1) is 14.5. The monoisotopic (exact) mass is 260 g/mol. The predicted octanol–water partition coefficient (Wildman–Crippen LogP) is 3.42. The number of nitrogens with one attached hydrogen (secondary N) is 1. The van der Waals surface area contributed by atoms with Crippen LogP contribution in [0.1, 0.15) is 44.2 Å². The summed E-state index contributed by atoms with van der Waals surface area (Å²) in [5.74, 6) is 0. The Kier molecular flexibility index (Phi) is 5.00. The summed E-state index contributed by atoms with van der Waals surface area (Å²) in [5.41, 5.74) is 3.37. The van der Waals surface area contributed by atoms with Crippen LogP contribution in [0.3, 0.4) is 0 Å². The Morgan fingerprint density at radius 3 is 2.74 bits per heavy atom. The van der Waals surface area contributed by atoms with Gasteiger partial charge in [0.2, 0.25) is 0 Å². The largest absolute Gasteiger partial charge is 0.316 e. The van der Waals surface area contributed by atoms with Crippen LogP contribution in [-0.2, 0) is 13.1 Å². The van der Waals surface area contributed by atoms with E-state index < -0.39 is 0 Å². The van der Waals surface area contributed by atoms with Gasteiger partial charge in [-0.25, -0.2) is 0 Å². The lowest BCUT2D eigenvalue weighted by molar-refractivity contribution is 0.256. The highest BCUT2D eigenvalue weighted by Crippen LogP contribution is 2.30. The summed E-state index contributed by atoms with van der Waals surface area (Å²) in [6.07, 6.45) is 4.02. The van der Waals surface area contributed by atoms with E-state index in [1.807, 2.05) is 7.05 Å². The molecule has 0 saturated carbocycles. The molecule has 0 spiro atoms. The van der Waals surface area contributed by atoms with E-state index in [9.17, 15) is 0 Å². The Morgan fingerprint density at radius 1 is 1.16 bits per heavy atom. The minimum Gasteiger partial charge on any atom is -0.316 e. The summed E-state index contributed by atoms with van der Waals surface area (Å²) in [6, 6.07) is 8.98. The van der Waals surface area contributed by atoms with Crippen LogP contribution in [0.5, 0.6) is 0 Å². The molecule has 2 heteroatoms. The topological polar surface area (TPSA) is 15.3 Å². The summed E-state index contributed by atoms with van der Waals surface area (Å²) in [6.45, 7) is 9.37. The van der Waals surface area contributed by atoms with Gasteiger partial charge in [-0.15, -0.1) is 0 Å². The van der Waals surface area contributed by atoms with Crippen LogP contribution >= 0.6 is 0 Å². The molecule has 0 aromatic heterocycles. The second-order valence-electron chi connectivity index (χ2n) is 6.64. The lowest BCUT2D eigenvalue weighted by Crippen LogP contribution is -2.25. The van der Waals surface area contributed by atoms with E-state index >= 15 is 0 Å². The van der Waals surface area contributed by atoms with Gasteiger partial charge in [0.25, 0.3) is 0 Å². The Bertz CT molecular complexity index is 398. The highest BCUT2D eigenvalue weighted by atomic mass is 15.1. The van der Waals surface area contributed by atoms with Crippen LogP contribution in [-0.4, -0.2) is 25.0 Å². The highest BCUT2D eigenvalue weighted by molar-refractivity contribution is 5.23. The first-order chi connectivity index (χ1) is 9.09. The zero-order valence-electron chi connectivity index (χ0n) is 12.7. The fourth-order valence-electron chi connectivity index (χ4n) is 2.94. The third kappa shape index (κ3) is 4.63. The number of benzene rings is 1. The predicted molar refractivity (Wildman–Crippen MR) is 82.1 cm³/mol. The molecule has 0 unspecified atom stereocenters. The number of likely N-dealkylation sites (tertiary alicyclic amines) is 1. The Morgan fingerprint density at radius 2 is 1.95 bits per heavy atom. The number of rotatable bonds is 4. The molecule has 106 valence electrons. The van der Waals surface area contributed by atoms with Crippen molar-refractivity contribution in [3.63, 3.8) is 0 Å². The zero-order valence-corrected chi connectivity index (χ0v) is 12.7. The second kappa shape index (κ2) is 6.53. The van der Waals surface area contributed by atoms with Crippen LogP contribution < -0.4 is 5.32 Å². The van der Waals surface area contributed by atoms with Gasteiger partial charge in [-0.3, -0.25) is 4.90 Å². The minimum absolute atomic E-state index is 0.530. The molecule has 0 amide bonds. The smallest absolute Gasteiger partial charge is 0.0233 e. The minimum atomic E-state index is 0.530. The molecule has 1 aliphatic rings. The van der Waals surface area contributed by atoms with E-state index in [0.29, 0.717) is 5.41 Å². The Hall–Kier alpha value is -0.860. The van der Waals surface area contributed by atoms with E-state index in [0.717, 1.165) is 13.1 Å². The van der Waals surface area contributed by atoms with Gasteiger partial charge < -0.3 is 5.32 Å². The molecule has 1 aromatic carbocycles. The van der Waals surface area contributed by atoms with Crippen LogP contribution in [0, 0.1) is 5.41 Å². The van der Waals surface area contributed by atoms with Gasteiger partial charge in [0.1, 0.15) is 0 Å². The third-order valence-electron chi connectivity index (χ3n) is 4.21. The van der Waals surface area contributed by atoms with Crippen molar-refractivity contribution in [2.75, 3.05) is 20.1 Å². The molecule has 2 nitrogen and oxygen atoms in total. The fraction of sp³-hybridized carbons (Fsp3) is 0.647. The highest BCUT2D eigenvalue weighted by Gasteiger charge is 2.22. The van der Waals surface area contributed by atoms with Crippen molar-refractivity contribution in [2.45, 2.75) is 46.2 Å². The molecular formula is C17H28N2. The fourth-order valence-corrected chi connectivity index (χ4v) is 2.94. The number of nitrogens with zero attached hydrogens (tertiary/aromatic N) is 1. The molecule has 2 rings (SSSR count). The molecule has 1 fully saturated rings. The molecule has 0 bridgehead atoms. The van der Waals surface area contributed by atoms with E-state index in [-0.39, 0.29) is 0 Å². The van der Waals surface area contributed by atoms with Gasteiger partial charge in [-0.2, -0.15) is 0 Å². The molecule has 1 aliphatic heterocycles. The van der Waals surface area contributed by atoms with Crippen molar-refractivity contribution < 1.29 is 0 Å². The van der Waals surface area contributed by atoms with Crippen molar-refractivity contribution in [3.8, 4) is 0 Å². The van der Waals surface area contributed by atoms with Crippen molar-refractivity contribution >= 4 is 0 Å².